The van der Waals surface area contributed by atoms with E-state index in [9.17, 15) is 4.79 Å². The third-order valence-electron chi connectivity index (χ3n) is 3.88. The molecule has 0 radical (unpaired) electrons. The molecule has 0 unspecified atom stereocenters. The highest BCUT2D eigenvalue weighted by Gasteiger charge is 2.19. The lowest BCUT2D eigenvalue weighted by atomic mass is 10.2. The SMILES string of the molecule is CN=C(NCCCN(C(C)C)C(C)C)NCCN(C)C(=O)OC(C)(C)C. The topological polar surface area (TPSA) is 69.2 Å². The summed E-state index contributed by atoms with van der Waals surface area (Å²) >= 11 is 0. The summed E-state index contributed by atoms with van der Waals surface area (Å²) in [5, 5.41) is 6.55. The minimum Gasteiger partial charge on any atom is -0.444 e. The Hall–Kier alpha value is -1.50. The van der Waals surface area contributed by atoms with Crippen molar-refractivity contribution in [3.8, 4) is 0 Å². The van der Waals surface area contributed by atoms with Crippen molar-refractivity contribution >= 4 is 12.1 Å². The lowest BCUT2D eigenvalue weighted by molar-refractivity contribution is 0.0302. The van der Waals surface area contributed by atoms with E-state index in [0.29, 0.717) is 25.2 Å². The molecular formula is C19H41N5O2. The van der Waals surface area contributed by atoms with E-state index in [0.717, 1.165) is 25.5 Å². The Morgan fingerprint density at radius 1 is 1.04 bits per heavy atom. The third kappa shape index (κ3) is 11.2. The molecule has 0 heterocycles. The molecule has 7 heteroatoms. The number of nitrogens with zero attached hydrogens (tertiary/aromatic N) is 3. The van der Waals surface area contributed by atoms with E-state index < -0.39 is 5.60 Å². The van der Waals surface area contributed by atoms with Gasteiger partial charge in [-0.25, -0.2) is 4.79 Å². The maximum absolute atomic E-state index is 11.9. The van der Waals surface area contributed by atoms with Crippen LogP contribution in [0.25, 0.3) is 0 Å². The summed E-state index contributed by atoms with van der Waals surface area (Å²) in [4.78, 5) is 20.2. The second-order valence-electron chi connectivity index (χ2n) is 8.11. The quantitative estimate of drug-likeness (QED) is 0.370. The molecule has 0 fully saturated rings. The van der Waals surface area contributed by atoms with E-state index >= 15 is 0 Å². The molecule has 26 heavy (non-hydrogen) atoms. The van der Waals surface area contributed by atoms with Gasteiger partial charge in [0.1, 0.15) is 5.60 Å². The monoisotopic (exact) mass is 371 g/mol. The van der Waals surface area contributed by atoms with Crippen molar-refractivity contribution in [1.82, 2.24) is 20.4 Å². The first kappa shape index (κ1) is 24.5. The number of likely N-dealkylation sites (N-methyl/N-ethyl adjacent to an activating group) is 1. The standard InChI is InChI=1S/C19H41N5O2/c1-15(2)24(16(3)4)13-10-11-21-17(20-8)22-12-14-23(9)18(25)26-19(5,6)7/h15-16H,10-14H2,1-9H3,(H2,20,21,22). The second-order valence-corrected chi connectivity index (χ2v) is 8.11. The molecule has 0 aliphatic carbocycles. The molecule has 0 aliphatic heterocycles. The highest BCUT2D eigenvalue weighted by Crippen LogP contribution is 2.08. The van der Waals surface area contributed by atoms with Crippen LogP contribution in [0.5, 0.6) is 0 Å². The highest BCUT2D eigenvalue weighted by atomic mass is 16.6. The summed E-state index contributed by atoms with van der Waals surface area (Å²) < 4.78 is 5.33. The molecule has 154 valence electrons. The van der Waals surface area contributed by atoms with Gasteiger partial charge in [0.2, 0.25) is 0 Å². The van der Waals surface area contributed by atoms with Crippen LogP contribution in [0.2, 0.25) is 0 Å². The van der Waals surface area contributed by atoms with Gasteiger partial charge >= 0.3 is 6.09 Å². The summed E-state index contributed by atoms with van der Waals surface area (Å²) in [5.74, 6) is 0.753. The predicted octanol–water partition coefficient (Wildman–Crippen LogP) is 2.53. The molecule has 0 aromatic heterocycles. The van der Waals surface area contributed by atoms with E-state index in [1.165, 1.54) is 0 Å². The van der Waals surface area contributed by atoms with Crippen molar-refractivity contribution in [2.24, 2.45) is 4.99 Å². The molecule has 0 aliphatic rings. The van der Waals surface area contributed by atoms with Gasteiger partial charge in [-0.2, -0.15) is 0 Å². The molecule has 0 rings (SSSR count). The molecule has 1 amide bonds. The fourth-order valence-corrected chi connectivity index (χ4v) is 2.57. The smallest absolute Gasteiger partial charge is 0.410 e. The zero-order chi connectivity index (χ0) is 20.3. The van der Waals surface area contributed by atoms with Crippen LogP contribution >= 0.6 is 0 Å². The zero-order valence-corrected chi connectivity index (χ0v) is 18.3. The third-order valence-corrected chi connectivity index (χ3v) is 3.88. The zero-order valence-electron chi connectivity index (χ0n) is 18.3. The van der Waals surface area contributed by atoms with Crippen LogP contribution in [0.4, 0.5) is 4.79 Å². The van der Waals surface area contributed by atoms with E-state index in [4.69, 9.17) is 4.74 Å². The molecular weight excluding hydrogens is 330 g/mol. The molecule has 2 N–H and O–H groups in total. The van der Waals surface area contributed by atoms with Crippen molar-refractivity contribution in [2.75, 3.05) is 40.3 Å². The summed E-state index contributed by atoms with van der Waals surface area (Å²) in [6.45, 7) is 17.6. The van der Waals surface area contributed by atoms with Gasteiger partial charge < -0.3 is 20.3 Å². The first-order valence-corrected chi connectivity index (χ1v) is 9.62. The van der Waals surface area contributed by atoms with Crippen molar-refractivity contribution < 1.29 is 9.53 Å². The minimum atomic E-state index is -0.476. The van der Waals surface area contributed by atoms with E-state index in [-0.39, 0.29) is 6.09 Å². The summed E-state index contributed by atoms with van der Waals surface area (Å²) in [7, 11) is 3.49. The Bertz CT molecular complexity index is 422. The normalized spacial score (nSPS) is 12.7. The van der Waals surface area contributed by atoms with Crippen molar-refractivity contribution in [2.45, 2.75) is 72.6 Å². The Kier molecular flexibility index (Phi) is 11.3. The summed E-state index contributed by atoms with van der Waals surface area (Å²) in [6, 6.07) is 1.10. The van der Waals surface area contributed by atoms with Gasteiger partial charge in [0.05, 0.1) is 0 Å². The number of amides is 1. The molecule has 0 bridgehead atoms. The Labute approximate surface area is 160 Å². The van der Waals surface area contributed by atoms with Crippen molar-refractivity contribution in [1.29, 1.82) is 0 Å². The Balaban J connectivity index is 4.09. The van der Waals surface area contributed by atoms with Crippen LogP contribution in [0.3, 0.4) is 0 Å². The van der Waals surface area contributed by atoms with Gasteiger partial charge in [0, 0.05) is 52.4 Å². The average molecular weight is 372 g/mol. The van der Waals surface area contributed by atoms with Gasteiger partial charge in [-0.15, -0.1) is 0 Å². The average Bonchev–Trinajstić information content (AvgIpc) is 2.50. The van der Waals surface area contributed by atoms with E-state index in [1.807, 2.05) is 20.8 Å². The summed E-state index contributed by atoms with van der Waals surface area (Å²) in [5.41, 5.74) is -0.476. The largest absolute Gasteiger partial charge is 0.444 e. The number of aliphatic imine (C=N–C) groups is 1. The van der Waals surface area contributed by atoms with Gasteiger partial charge in [-0.05, 0) is 54.9 Å². The van der Waals surface area contributed by atoms with E-state index in [1.54, 1.807) is 19.0 Å². The first-order chi connectivity index (χ1) is 12.0. The van der Waals surface area contributed by atoms with Crippen LogP contribution in [0.15, 0.2) is 4.99 Å². The fraction of sp³-hybridized carbons (Fsp3) is 0.895. The fourth-order valence-electron chi connectivity index (χ4n) is 2.57. The maximum atomic E-state index is 11.9. The molecule has 0 spiro atoms. The van der Waals surface area contributed by atoms with E-state index in [2.05, 4.69) is 48.2 Å². The maximum Gasteiger partial charge on any atom is 0.410 e. The molecule has 0 saturated heterocycles. The van der Waals surface area contributed by atoms with Crippen LogP contribution in [-0.2, 0) is 4.74 Å². The number of ether oxygens (including phenoxy) is 1. The van der Waals surface area contributed by atoms with Crippen molar-refractivity contribution in [3.63, 3.8) is 0 Å². The minimum absolute atomic E-state index is 0.315. The second kappa shape index (κ2) is 12.0. The number of carbonyl (C=O) groups is 1. The number of carbonyl (C=O) groups excluding carboxylic acids is 1. The molecule has 0 saturated carbocycles. The van der Waals surface area contributed by atoms with Crippen LogP contribution in [0, 0.1) is 0 Å². The lowest BCUT2D eigenvalue weighted by Gasteiger charge is -2.30. The number of hydrogen-bond donors (Lipinski definition) is 2. The number of hydrogen-bond acceptors (Lipinski definition) is 4. The number of guanidine groups is 1. The van der Waals surface area contributed by atoms with Crippen LogP contribution < -0.4 is 10.6 Å². The molecule has 7 nitrogen and oxygen atoms in total. The highest BCUT2D eigenvalue weighted by molar-refractivity contribution is 5.79. The van der Waals surface area contributed by atoms with Gasteiger partial charge in [0.15, 0.2) is 5.96 Å². The molecule has 0 aromatic rings. The van der Waals surface area contributed by atoms with Crippen LogP contribution in [-0.4, -0.2) is 79.8 Å². The van der Waals surface area contributed by atoms with Gasteiger partial charge in [0.25, 0.3) is 0 Å². The first-order valence-electron chi connectivity index (χ1n) is 9.62. The number of nitrogens with one attached hydrogen (secondary N) is 2. The summed E-state index contributed by atoms with van der Waals surface area (Å²) in [6.07, 6.45) is 0.735. The molecule has 0 atom stereocenters. The Morgan fingerprint density at radius 3 is 2.04 bits per heavy atom. The lowest BCUT2D eigenvalue weighted by Crippen LogP contribution is -2.44. The van der Waals surface area contributed by atoms with Gasteiger partial charge in [-0.1, -0.05) is 0 Å². The Morgan fingerprint density at radius 2 is 1.58 bits per heavy atom. The van der Waals surface area contributed by atoms with Crippen LogP contribution in [0.1, 0.15) is 54.9 Å². The van der Waals surface area contributed by atoms with Crippen molar-refractivity contribution in [3.05, 3.63) is 0 Å². The molecule has 0 aromatic carbocycles. The number of rotatable bonds is 9. The predicted molar refractivity (Wildman–Crippen MR) is 110 cm³/mol. The van der Waals surface area contributed by atoms with Gasteiger partial charge in [-0.3, -0.25) is 9.89 Å².